The van der Waals surface area contributed by atoms with Gasteiger partial charge >= 0.3 is 12.3 Å². The molecule has 1 aliphatic heterocycles. The molecule has 0 radical (unpaired) electrons. The smallest absolute Gasteiger partial charge is 0.409 e. The number of amides is 1. The van der Waals surface area contributed by atoms with Gasteiger partial charge in [0, 0.05) is 24.4 Å². The van der Waals surface area contributed by atoms with Crippen molar-refractivity contribution in [2.24, 2.45) is 0 Å². The van der Waals surface area contributed by atoms with E-state index in [9.17, 15) is 23.1 Å². The summed E-state index contributed by atoms with van der Waals surface area (Å²) in [4.78, 5) is 21.9. The van der Waals surface area contributed by atoms with Crippen molar-refractivity contribution in [2.45, 2.75) is 51.2 Å². The molecule has 0 saturated carbocycles. The highest BCUT2D eigenvalue weighted by Gasteiger charge is 2.32. The number of likely N-dealkylation sites (tertiary alicyclic amines) is 1. The van der Waals surface area contributed by atoms with Gasteiger partial charge in [0.1, 0.15) is 23.9 Å². The molecule has 3 aromatic rings. The minimum atomic E-state index is -4.47. The second-order valence-electron chi connectivity index (χ2n) is 8.13. The first kappa shape index (κ1) is 22.2. The van der Waals surface area contributed by atoms with Crippen LogP contribution in [0.4, 0.5) is 18.0 Å². The van der Waals surface area contributed by atoms with E-state index < -0.39 is 18.6 Å². The third-order valence-corrected chi connectivity index (χ3v) is 5.85. The van der Waals surface area contributed by atoms with Gasteiger partial charge in [-0.05, 0) is 37.0 Å². The van der Waals surface area contributed by atoms with E-state index >= 15 is 0 Å². The molecule has 0 aliphatic carbocycles. The Balaban J connectivity index is 1.67. The fourth-order valence-electron chi connectivity index (χ4n) is 4.32. The van der Waals surface area contributed by atoms with Crippen molar-refractivity contribution in [1.82, 2.24) is 19.4 Å². The minimum absolute atomic E-state index is 0.0309. The molecule has 1 atom stereocenters. The van der Waals surface area contributed by atoms with Crippen molar-refractivity contribution in [3.8, 4) is 5.88 Å². The molecular weight excluding hydrogens is 425 g/mol. The van der Waals surface area contributed by atoms with Gasteiger partial charge in [-0.15, -0.1) is 0 Å². The summed E-state index contributed by atoms with van der Waals surface area (Å²) in [7, 11) is 0. The van der Waals surface area contributed by atoms with Crippen LogP contribution < -0.4 is 0 Å². The average Bonchev–Trinajstić information content (AvgIpc) is 3.07. The summed E-state index contributed by atoms with van der Waals surface area (Å²) < 4.78 is 46.0. The summed E-state index contributed by atoms with van der Waals surface area (Å²) in [5, 5.41) is 10.7. The number of carbonyl (C=O) groups excluding carboxylic acids is 1. The van der Waals surface area contributed by atoms with E-state index in [4.69, 9.17) is 4.74 Å². The predicted octanol–water partition coefficient (Wildman–Crippen LogP) is 4.97. The highest BCUT2D eigenvalue weighted by molar-refractivity contribution is 6.07. The lowest BCUT2D eigenvalue weighted by molar-refractivity contribution is -0.139. The predicted molar refractivity (Wildman–Crippen MR) is 113 cm³/mol. The van der Waals surface area contributed by atoms with Gasteiger partial charge in [0.25, 0.3) is 0 Å². The molecule has 7 nitrogen and oxygen atoms in total. The number of halogens is 3. The van der Waals surface area contributed by atoms with E-state index in [1.54, 1.807) is 17.0 Å². The van der Waals surface area contributed by atoms with E-state index in [1.807, 2.05) is 13.0 Å². The largest absolute Gasteiger partial charge is 0.492 e. The third-order valence-electron chi connectivity index (χ3n) is 5.85. The normalized spacial score (nSPS) is 17.2. The van der Waals surface area contributed by atoms with Gasteiger partial charge in [0.15, 0.2) is 0 Å². The summed E-state index contributed by atoms with van der Waals surface area (Å²) in [6.07, 6.45) is -0.245. The number of rotatable bonds is 5. The van der Waals surface area contributed by atoms with Crippen LogP contribution in [0.5, 0.6) is 5.88 Å². The summed E-state index contributed by atoms with van der Waals surface area (Å²) >= 11 is 0. The maximum absolute atomic E-state index is 13.2. The maximum atomic E-state index is 13.2. The van der Waals surface area contributed by atoms with Crippen LogP contribution in [-0.4, -0.2) is 56.5 Å². The van der Waals surface area contributed by atoms with Crippen LogP contribution in [0, 0.1) is 0 Å². The van der Waals surface area contributed by atoms with Crippen molar-refractivity contribution in [2.75, 3.05) is 19.7 Å². The zero-order chi connectivity index (χ0) is 22.9. The number of carbonyl (C=O) groups is 1. The molecule has 0 spiro atoms. The van der Waals surface area contributed by atoms with Crippen LogP contribution in [0.15, 0.2) is 24.5 Å². The molecule has 1 saturated heterocycles. The molecule has 1 unspecified atom stereocenters. The first-order valence-electron chi connectivity index (χ1n) is 10.7. The highest BCUT2D eigenvalue weighted by atomic mass is 19.4. The van der Waals surface area contributed by atoms with Gasteiger partial charge in [-0.1, -0.05) is 19.4 Å². The van der Waals surface area contributed by atoms with E-state index in [1.165, 1.54) is 0 Å². The summed E-state index contributed by atoms with van der Waals surface area (Å²) in [6.45, 7) is 2.27. The van der Waals surface area contributed by atoms with Crippen molar-refractivity contribution in [3.63, 3.8) is 0 Å². The number of unbranched alkanes of at least 4 members (excludes halogenated alkanes) is 1. The molecule has 2 aromatic heterocycles. The van der Waals surface area contributed by atoms with Gasteiger partial charge < -0.3 is 19.3 Å². The van der Waals surface area contributed by atoms with Crippen LogP contribution in [0.1, 0.15) is 44.1 Å². The van der Waals surface area contributed by atoms with E-state index in [-0.39, 0.29) is 23.0 Å². The summed E-state index contributed by atoms with van der Waals surface area (Å²) in [5.41, 5.74) is 1.46. The van der Waals surface area contributed by atoms with Gasteiger partial charge in [-0.3, -0.25) is 0 Å². The molecule has 32 heavy (non-hydrogen) atoms. The molecule has 1 amide bonds. The molecule has 0 bridgehead atoms. The lowest BCUT2D eigenvalue weighted by Crippen LogP contribution is -2.39. The van der Waals surface area contributed by atoms with Crippen LogP contribution in [0.25, 0.3) is 21.9 Å². The Morgan fingerprint density at radius 3 is 2.88 bits per heavy atom. The van der Waals surface area contributed by atoms with Crippen LogP contribution in [0.3, 0.4) is 0 Å². The molecule has 1 aromatic carbocycles. The summed E-state index contributed by atoms with van der Waals surface area (Å²) in [6, 6.07) is 5.22. The van der Waals surface area contributed by atoms with E-state index in [0.717, 1.165) is 42.1 Å². The SMILES string of the molecule is CCCCOC(=O)N1CCCC(c2ccc3c(c2)c2ncnc(O)c2n3CC(F)(F)F)C1. The molecule has 3 heterocycles. The van der Waals surface area contributed by atoms with E-state index in [2.05, 4.69) is 9.97 Å². The number of piperidine rings is 1. The number of aromatic hydroxyl groups is 1. The Hall–Kier alpha value is -3.04. The minimum Gasteiger partial charge on any atom is -0.492 e. The maximum Gasteiger partial charge on any atom is 0.409 e. The third kappa shape index (κ3) is 4.44. The van der Waals surface area contributed by atoms with Gasteiger partial charge in [0.2, 0.25) is 5.88 Å². The number of alkyl halides is 3. The Kier molecular flexibility index (Phi) is 6.12. The monoisotopic (exact) mass is 450 g/mol. The first-order chi connectivity index (χ1) is 15.3. The Bertz CT molecular complexity index is 1130. The Morgan fingerprint density at radius 2 is 2.12 bits per heavy atom. The van der Waals surface area contributed by atoms with Crippen molar-refractivity contribution in [1.29, 1.82) is 0 Å². The number of hydrogen-bond acceptors (Lipinski definition) is 5. The molecule has 4 rings (SSSR count). The topological polar surface area (TPSA) is 80.5 Å². The number of fused-ring (bicyclic) bond motifs is 3. The fourth-order valence-corrected chi connectivity index (χ4v) is 4.32. The fraction of sp³-hybridized carbons (Fsp3) is 0.500. The number of hydrogen-bond donors (Lipinski definition) is 1. The molecule has 172 valence electrons. The zero-order valence-electron chi connectivity index (χ0n) is 17.7. The highest BCUT2D eigenvalue weighted by Crippen LogP contribution is 2.37. The molecular formula is C22H25F3N4O3. The Morgan fingerprint density at radius 1 is 1.31 bits per heavy atom. The molecule has 1 aliphatic rings. The number of aromatic nitrogens is 3. The van der Waals surface area contributed by atoms with Gasteiger partial charge in [0.05, 0.1) is 12.1 Å². The quantitative estimate of drug-likeness (QED) is 0.555. The van der Waals surface area contributed by atoms with Crippen LogP contribution in [-0.2, 0) is 11.3 Å². The van der Waals surface area contributed by atoms with Crippen LogP contribution in [0.2, 0.25) is 0 Å². The molecule has 10 heteroatoms. The Labute approximate surface area is 182 Å². The lowest BCUT2D eigenvalue weighted by atomic mass is 9.90. The molecule has 1 fully saturated rings. The zero-order valence-corrected chi connectivity index (χ0v) is 17.7. The number of benzene rings is 1. The van der Waals surface area contributed by atoms with Gasteiger partial charge in [-0.2, -0.15) is 13.2 Å². The molecule has 1 N–H and O–H groups in total. The second-order valence-corrected chi connectivity index (χ2v) is 8.13. The lowest BCUT2D eigenvalue weighted by Gasteiger charge is -2.32. The van der Waals surface area contributed by atoms with Crippen molar-refractivity contribution < 1.29 is 27.8 Å². The van der Waals surface area contributed by atoms with E-state index in [0.29, 0.717) is 30.6 Å². The number of nitrogens with zero attached hydrogens (tertiary/aromatic N) is 4. The second kappa shape index (κ2) is 8.84. The first-order valence-corrected chi connectivity index (χ1v) is 10.7. The van der Waals surface area contributed by atoms with Gasteiger partial charge in [-0.25, -0.2) is 14.8 Å². The van der Waals surface area contributed by atoms with Crippen molar-refractivity contribution >= 4 is 28.0 Å². The summed E-state index contributed by atoms with van der Waals surface area (Å²) in [5.74, 6) is -0.459. The number of ether oxygens (including phenoxy) is 1. The van der Waals surface area contributed by atoms with Crippen molar-refractivity contribution in [3.05, 3.63) is 30.1 Å². The standard InChI is InChI=1S/C22H25F3N4O3/c1-2-3-9-32-21(31)28-8-4-5-15(11-28)14-6-7-17-16(10-14)18-19(20(30)27-13-26-18)29(17)12-22(23,24)25/h6-7,10,13,15H,2-5,8-9,11-12H2,1H3,(H,26,27,30). The average molecular weight is 450 g/mol. The van der Waals surface area contributed by atoms with Crippen LogP contribution >= 0.6 is 0 Å².